The van der Waals surface area contributed by atoms with Gasteiger partial charge in [-0.05, 0) is 18.1 Å². The number of carbonyl (C=O) groups excluding carboxylic acids is 2. The first kappa shape index (κ1) is 16.2. The van der Waals surface area contributed by atoms with E-state index in [9.17, 15) is 14.7 Å². The Labute approximate surface area is 116 Å². The van der Waals surface area contributed by atoms with Gasteiger partial charge >= 0.3 is 0 Å². The van der Waals surface area contributed by atoms with Crippen LogP contribution in [0.1, 0.15) is 34.6 Å². The van der Waals surface area contributed by atoms with Crippen LogP contribution in [0.15, 0.2) is 0 Å². The van der Waals surface area contributed by atoms with Gasteiger partial charge in [0.1, 0.15) is 12.2 Å². The van der Waals surface area contributed by atoms with Crippen molar-refractivity contribution in [1.82, 2.24) is 4.90 Å². The average molecular weight is 286 g/mol. The van der Waals surface area contributed by atoms with Crippen molar-refractivity contribution < 1.29 is 19.1 Å². The topological polar surface area (TPSA) is 69.7 Å². The van der Waals surface area contributed by atoms with E-state index >= 15 is 0 Å². The van der Waals surface area contributed by atoms with Crippen LogP contribution in [0.25, 0.3) is 0 Å². The van der Waals surface area contributed by atoms with Crippen molar-refractivity contribution in [2.45, 2.75) is 58.9 Å². The van der Waals surface area contributed by atoms with Crippen LogP contribution in [-0.2, 0) is 9.22 Å². The fraction of sp³-hybridized carbons (Fsp3) is 0.846. The maximum absolute atomic E-state index is 12.2. The summed E-state index contributed by atoms with van der Waals surface area (Å²) in [7, 11) is -2.13. The van der Waals surface area contributed by atoms with Crippen LogP contribution in [0, 0.1) is 5.41 Å². The Morgan fingerprint density at radius 1 is 1.42 bits per heavy atom. The summed E-state index contributed by atoms with van der Waals surface area (Å²) in [5.74, 6) is -0.491. The van der Waals surface area contributed by atoms with E-state index in [1.165, 1.54) is 0 Å². The Balaban J connectivity index is 3.01. The summed E-state index contributed by atoms with van der Waals surface area (Å²) in [5.41, 5.74) is -0.521. The van der Waals surface area contributed by atoms with Crippen LogP contribution in [0.5, 0.6) is 0 Å². The minimum absolute atomic E-state index is 0.0295. The van der Waals surface area contributed by atoms with Gasteiger partial charge in [-0.2, -0.15) is 0 Å². The molecule has 1 unspecified atom stereocenters. The Morgan fingerprint density at radius 3 is 2.21 bits per heavy atom. The molecule has 110 valence electrons. The zero-order chi connectivity index (χ0) is 15.2. The number of amides is 2. The van der Waals surface area contributed by atoms with Crippen LogP contribution in [0.4, 0.5) is 4.79 Å². The molecule has 0 saturated carbocycles. The second-order valence-electron chi connectivity index (χ2n) is 7.44. The van der Waals surface area contributed by atoms with Gasteiger partial charge in [-0.3, -0.25) is 9.69 Å². The molecular formula is C13H24NO4Si-. The number of hydrogen-bond donors (Lipinski definition) is 0. The fourth-order valence-electron chi connectivity index (χ4n) is 1.88. The lowest BCUT2D eigenvalue weighted by atomic mass is 9.90. The normalized spacial score (nSPS) is 23.8. The second kappa shape index (κ2) is 4.59. The summed E-state index contributed by atoms with van der Waals surface area (Å²) < 4.78 is 6.13. The van der Waals surface area contributed by atoms with E-state index < -0.39 is 31.8 Å². The molecule has 0 bridgehead atoms. The standard InChI is InChI=1S/C13H25NO4Si/c1-12(2,3)19(6,7)18-9-10(15)14(11(16)17)8-13(9,4)5/h9H,8H2,1-7H3,(H,16,17)/p-1. The number of imide groups is 1. The summed E-state index contributed by atoms with van der Waals surface area (Å²) >= 11 is 0. The smallest absolute Gasteiger partial charge is 0.256 e. The zero-order valence-corrected chi connectivity index (χ0v) is 13.9. The molecule has 1 fully saturated rings. The van der Waals surface area contributed by atoms with E-state index in [4.69, 9.17) is 4.43 Å². The summed E-state index contributed by atoms with van der Waals surface area (Å²) in [6.45, 7) is 14.2. The van der Waals surface area contributed by atoms with Crippen LogP contribution in [0.2, 0.25) is 18.1 Å². The lowest BCUT2D eigenvalue weighted by Crippen LogP contribution is -2.50. The first-order valence-electron chi connectivity index (χ1n) is 6.50. The highest BCUT2D eigenvalue weighted by Crippen LogP contribution is 2.42. The summed E-state index contributed by atoms with van der Waals surface area (Å²) in [6, 6.07) is 0. The molecule has 1 atom stereocenters. The highest BCUT2D eigenvalue weighted by molar-refractivity contribution is 6.74. The molecule has 2 amide bonds. The Bertz CT molecular complexity index is 398. The number of nitrogens with zero attached hydrogens (tertiary/aromatic N) is 1. The maximum atomic E-state index is 12.2. The van der Waals surface area contributed by atoms with Gasteiger partial charge in [0.15, 0.2) is 8.32 Å². The summed E-state index contributed by atoms with van der Waals surface area (Å²) in [6.07, 6.45) is -2.15. The van der Waals surface area contributed by atoms with E-state index in [1.807, 2.05) is 13.8 Å². The van der Waals surface area contributed by atoms with Gasteiger partial charge < -0.3 is 14.3 Å². The molecule has 1 aliphatic heterocycles. The molecule has 1 heterocycles. The van der Waals surface area contributed by atoms with E-state index in [0.29, 0.717) is 0 Å². The summed E-state index contributed by atoms with van der Waals surface area (Å²) in [4.78, 5) is 23.9. The molecule has 0 aliphatic carbocycles. The number of hydrogen-bond acceptors (Lipinski definition) is 4. The van der Waals surface area contributed by atoms with Gasteiger partial charge in [0.2, 0.25) is 0 Å². The lowest BCUT2D eigenvalue weighted by Gasteiger charge is -2.40. The molecule has 1 rings (SSSR count). The Hall–Kier alpha value is -0.883. The molecule has 6 heteroatoms. The van der Waals surface area contributed by atoms with Crippen LogP contribution in [-0.4, -0.2) is 37.9 Å². The number of likely N-dealkylation sites (tertiary alicyclic amines) is 1. The molecule has 0 spiro atoms. The molecule has 5 nitrogen and oxygen atoms in total. The van der Waals surface area contributed by atoms with Gasteiger partial charge in [-0.25, -0.2) is 0 Å². The third-order valence-electron chi connectivity index (χ3n) is 4.20. The highest BCUT2D eigenvalue weighted by Gasteiger charge is 2.51. The van der Waals surface area contributed by atoms with E-state index in [1.54, 1.807) is 0 Å². The predicted molar refractivity (Wildman–Crippen MR) is 73.0 cm³/mol. The molecule has 0 N–H and O–H groups in total. The van der Waals surface area contributed by atoms with Crippen molar-refractivity contribution >= 4 is 20.3 Å². The van der Waals surface area contributed by atoms with Crippen molar-refractivity contribution in [3.63, 3.8) is 0 Å². The minimum atomic E-state index is -2.13. The molecule has 0 aromatic carbocycles. The Morgan fingerprint density at radius 2 is 1.89 bits per heavy atom. The summed E-state index contributed by atoms with van der Waals surface area (Å²) in [5, 5.41) is 10.9. The molecule has 1 saturated heterocycles. The minimum Gasteiger partial charge on any atom is -0.530 e. The highest BCUT2D eigenvalue weighted by atomic mass is 28.4. The number of carboxylic acid groups (broad SMARTS) is 1. The number of carbonyl (C=O) groups is 2. The van der Waals surface area contributed by atoms with Crippen molar-refractivity contribution in [3.05, 3.63) is 0 Å². The van der Waals surface area contributed by atoms with Crippen molar-refractivity contribution in [3.8, 4) is 0 Å². The molecular weight excluding hydrogens is 262 g/mol. The number of rotatable bonds is 2. The van der Waals surface area contributed by atoms with Gasteiger partial charge in [0, 0.05) is 12.0 Å². The molecule has 19 heavy (non-hydrogen) atoms. The zero-order valence-electron chi connectivity index (χ0n) is 12.9. The molecule has 0 aromatic heterocycles. The predicted octanol–water partition coefficient (Wildman–Crippen LogP) is 1.59. The quantitative estimate of drug-likeness (QED) is 0.723. The lowest BCUT2D eigenvalue weighted by molar-refractivity contribution is -0.263. The van der Waals surface area contributed by atoms with E-state index in [-0.39, 0.29) is 11.6 Å². The first-order chi connectivity index (χ1) is 8.29. The fourth-order valence-corrected chi connectivity index (χ4v) is 3.24. The largest absolute Gasteiger partial charge is 0.530 e. The van der Waals surface area contributed by atoms with Crippen LogP contribution < -0.4 is 5.11 Å². The van der Waals surface area contributed by atoms with Crippen LogP contribution >= 0.6 is 0 Å². The Kier molecular flexibility index (Phi) is 3.91. The first-order valence-corrected chi connectivity index (χ1v) is 9.40. The van der Waals surface area contributed by atoms with Gasteiger partial charge in [-0.1, -0.05) is 34.6 Å². The van der Waals surface area contributed by atoms with Crippen molar-refractivity contribution in [1.29, 1.82) is 0 Å². The van der Waals surface area contributed by atoms with E-state index in [0.717, 1.165) is 4.90 Å². The monoisotopic (exact) mass is 286 g/mol. The molecule has 0 radical (unpaired) electrons. The van der Waals surface area contributed by atoms with Gasteiger partial charge in [0.25, 0.3) is 5.91 Å². The van der Waals surface area contributed by atoms with Crippen molar-refractivity contribution in [2.24, 2.45) is 5.41 Å². The van der Waals surface area contributed by atoms with Gasteiger partial charge in [-0.15, -0.1) is 0 Å². The second-order valence-corrected chi connectivity index (χ2v) is 12.2. The van der Waals surface area contributed by atoms with Crippen molar-refractivity contribution in [2.75, 3.05) is 6.54 Å². The molecule has 0 aromatic rings. The van der Waals surface area contributed by atoms with Crippen LogP contribution in [0.3, 0.4) is 0 Å². The SMILES string of the molecule is CC1(C)CN(C(=O)[O-])C(=O)C1O[Si](C)(C)C(C)(C)C. The van der Waals surface area contributed by atoms with E-state index in [2.05, 4.69) is 33.9 Å². The average Bonchev–Trinajstić information content (AvgIpc) is 2.39. The molecule has 1 aliphatic rings. The maximum Gasteiger partial charge on any atom is 0.256 e. The van der Waals surface area contributed by atoms with Gasteiger partial charge in [0.05, 0.1) is 0 Å². The third-order valence-corrected chi connectivity index (χ3v) is 8.64. The third kappa shape index (κ3) is 3.00.